The fourth-order valence-electron chi connectivity index (χ4n) is 1.46. The van der Waals surface area contributed by atoms with E-state index in [0.29, 0.717) is 13.2 Å². The van der Waals surface area contributed by atoms with Gasteiger partial charge in [0.2, 0.25) is 5.91 Å². The van der Waals surface area contributed by atoms with Crippen LogP contribution in [-0.2, 0) is 9.53 Å². The van der Waals surface area contributed by atoms with Crippen LogP contribution in [0.5, 0.6) is 0 Å². The minimum atomic E-state index is -0.366. The molecule has 4 nitrogen and oxygen atoms in total. The van der Waals surface area contributed by atoms with Gasteiger partial charge in [-0.15, -0.1) is 0 Å². The van der Waals surface area contributed by atoms with Crippen molar-refractivity contribution >= 4 is 5.91 Å². The van der Waals surface area contributed by atoms with Gasteiger partial charge in [0.15, 0.2) is 0 Å². The molecule has 4 heteroatoms. The zero-order valence-electron chi connectivity index (χ0n) is 10.3. The second kappa shape index (κ2) is 7.65. The largest absolute Gasteiger partial charge is 0.383 e. The molecule has 0 aromatic rings. The van der Waals surface area contributed by atoms with Crippen LogP contribution in [0, 0.1) is 0 Å². The molecule has 0 spiro atoms. The third-order valence-corrected chi connectivity index (χ3v) is 2.36. The van der Waals surface area contributed by atoms with Gasteiger partial charge in [-0.1, -0.05) is 13.3 Å². The van der Waals surface area contributed by atoms with E-state index in [1.165, 1.54) is 0 Å². The minimum absolute atomic E-state index is 0.0314. The van der Waals surface area contributed by atoms with Gasteiger partial charge >= 0.3 is 0 Å². The summed E-state index contributed by atoms with van der Waals surface area (Å²) in [5.74, 6) is 0.0314. The summed E-state index contributed by atoms with van der Waals surface area (Å²) in [4.78, 5) is 13.7. The first-order valence-corrected chi connectivity index (χ1v) is 5.59. The lowest BCUT2D eigenvalue weighted by Gasteiger charge is -2.29. The van der Waals surface area contributed by atoms with E-state index in [1.807, 2.05) is 20.8 Å². The van der Waals surface area contributed by atoms with Crippen LogP contribution in [-0.4, -0.2) is 43.2 Å². The maximum absolute atomic E-state index is 11.9. The highest BCUT2D eigenvalue weighted by atomic mass is 16.5. The molecule has 0 fully saturated rings. The summed E-state index contributed by atoms with van der Waals surface area (Å²) < 4.78 is 4.98. The van der Waals surface area contributed by atoms with Crippen molar-refractivity contribution in [3.05, 3.63) is 0 Å². The van der Waals surface area contributed by atoms with Crippen LogP contribution in [0.4, 0.5) is 0 Å². The molecule has 15 heavy (non-hydrogen) atoms. The maximum Gasteiger partial charge on any atom is 0.239 e. The van der Waals surface area contributed by atoms with Crippen LogP contribution in [0.2, 0.25) is 0 Å². The van der Waals surface area contributed by atoms with Crippen LogP contribution in [0.3, 0.4) is 0 Å². The van der Waals surface area contributed by atoms with E-state index >= 15 is 0 Å². The van der Waals surface area contributed by atoms with Gasteiger partial charge in [-0.3, -0.25) is 4.79 Å². The summed E-state index contributed by atoms with van der Waals surface area (Å²) in [6.45, 7) is 7.19. The molecule has 1 unspecified atom stereocenters. The van der Waals surface area contributed by atoms with Crippen molar-refractivity contribution in [1.82, 2.24) is 4.90 Å². The molecule has 0 aromatic heterocycles. The summed E-state index contributed by atoms with van der Waals surface area (Å²) in [5.41, 5.74) is 5.81. The molecule has 0 heterocycles. The summed E-state index contributed by atoms with van der Waals surface area (Å²) in [6, 6.07) is -0.190. The SMILES string of the molecule is CCCC(N)C(=O)N(CCOC)C(C)C. The predicted molar refractivity (Wildman–Crippen MR) is 61.6 cm³/mol. The van der Waals surface area contributed by atoms with Gasteiger partial charge in [0.25, 0.3) is 0 Å². The maximum atomic E-state index is 11.9. The topological polar surface area (TPSA) is 55.6 Å². The fraction of sp³-hybridized carbons (Fsp3) is 0.909. The quantitative estimate of drug-likeness (QED) is 0.690. The number of nitrogens with zero attached hydrogens (tertiary/aromatic N) is 1. The number of nitrogens with two attached hydrogens (primary N) is 1. The Labute approximate surface area is 92.8 Å². The Morgan fingerprint density at radius 3 is 2.47 bits per heavy atom. The van der Waals surface area contributed by atoms with Crippen molar-refractivity contribution < 1.29 is 9.53 Å². The fourth-order valence-corrected chi connectivity index (χ4v) is 1.46. The van der Waals surface area contributed by atoms with Crippen LogP contribution in [0.15, 0.2) is 0 Å². The first kappa shape index (κ1) is 14.4. The van der Waals surface area contributed by atoms with Gasteiger partial charge in [-0.25, -0.2) is 0 Å². The smallest absolute Gasteiger partial charge is 0.239 e. The summed E-state index contributed by atoms with van der Waals surface area (Å²) in [7, 11) is 1.63. The van der Waals surface area contributed by atoms with E-state index in [4.69, 9.17) is 10.5 Å². The number of carbonyl (C=O) groups excluding carboxylic acids is 1. The standard InChI is InChI=1S/C11H24N2O2/c1-5-6-10(12)11(14)13(9(2)3)7-8-15-4/h9-10H,5-8,12H2,1-4H3. The molecule has 0 aromatic carbocycles. The number of hydrogen-bond donors (Lipinski definition) is 1. The Morgan fingerprint density at radius 2 is 2.07 bits per heavy atom. The van der Waals surface area contributed by atoms with Crippen LogP contribution >= 0.6 is 0 Å². The zero-order valence-corrected chi connectivity index (χ0v) is 10.3. The van der Waals surface area contributed by atoms with Crippen molar-refractivity contribution in [2.75, 3.05) is 20.3 Å². The second-order valence-corrected chi connectivity index (χ2v) is 4.01. The third kappa shape index (κ3) is 5.14. The monoisotopic (exact) mass is 216 g/mol. The van der Waals surface area contributed by atoms with Crippen LogP contribution in [0.25, 0.3) is 0 Å². The first-order chi connectivity index (χ1) is 7.04. The molecule has 0 aliphatic heterocycles. The molecule has 2 N–H and O–H groups in total. The van der Waals surface area contributed by atoms with E-state index < -0.39 is 0 Å². The second-order valence-electron chi connectivity index (χ2n) is 4.01. The van der Waals surface area contributed by atoms with Crippen molar-refractivity contribution in [2.24, 2.45) is 5.73 Å². The van der Waals surface area contributed by atoms with E-state index in [9.17, 15) is 4.79 Å². The minimum Gasteiger partial charge on any atom is -0.383 e. The van der Waals surface area contributed by atoms with Crippen LogP contribution in [0.1, 0.15) is 33.6 Å². The Morgan fingerprint density at radius 1 is 1.47 bits per heavy atom. The molecule has 90 valence electrons. The number of methoxy groups -OCH3 is 1. The van der Waals surface area contributed by atoms with Gasteiger partial charge in [-0.05, 0) is 20.3 Å². The molecular weight excluding hydrogens is 192 g/mol. The number of carbonyl (C=O) groups is 1. The average Bonchev–Trinajstić information content (AvgIpc) is 2.18. The number of ether oxygens (including phenoxy) is 1. The molecule has 0 rings (SSSR count). The normalized spacial score (nSPS) is 12.9. The lowest BCUT2D eigenvalue weighted by atomic mass is 10.1. The van der Waals surface area contributed by atoms with Crippen molar-refractivity contribution in [3.63, 3.8) is 0 Å². The number of amides is 1. The third-order valence-electron chi connectivity index (χ3n) is 2.36. The molecule has 0 saturated carbocycles. The Kier molecular flexibility index (Phi) is 7.34. The predicted octanol–water partition coefficient (Wildman–Crippen LogP) is 0.997. The molecule has 0 saturated heterocycles. The molecular formula is C11H24N2O2. The van der Waals surface area contributed by atoms with Crippen molar-refractivity contribution in [2.45, 2.75) is 45.7 Å². The van der Waals surface area contributed by atoms with E-state index in [2.05, 4.69) is 0 Å². The lowest BCUT2D eigenvalue weighted by molar-refractivity contribution is -0.135. The van der Waals surface area contributed by atoms with Gasteiger partial charge in [0.05, 0.1) is 12.6 Å². The Hall–Kier alpha value is -0.610. The van der Waals surface area contributed by atoms with E-state index in [1.54, 1.807) is 12.0 Å². The van der Waals surface area contributed by atoms with Crippen LogP contribution < -0.4 is 5.73 Å². The summed E-state index contributed by atoms with van der Waals surface area (Å²) >= 11 is 0. The van der Waals surface area contributed by atoms with Gasteiger partial charge in [-0.2, -0.15) is 0 Å². The zero-order chi connectivity index (χ0) is 11.8. The van der Waals surface area contributed by atoms with E-state index in [0.717, 1.165) is 12.8 Å². The van der Waals surface area contributed by atoms with Gasteiger partial charge in [0.1, 0.15) is 0 Å². The highest BCUT2D eigenvalue weighted by molar-refractivity contribution is 5.81. The Balaban J connectivity index is 4.27. The summed E-state index contributed by atoms with van der Waals surface area (Å²) in [5, 5.41) is 0. The Bertz CT molecular complexity index is 183. The number of rotatable bonds is 7. The molecule has 1 atom stereocenters. The molecule has 1 amide bonds. The van der Waals surface area contributed by atoms with Gasteiger partial charge in [0, 0.05) is 19.7 Å². The average molecular weight is 216 g/mol. The molecule has 0 bridgehead atoms. The lowest BCUT2D eigenvalue weighted by Crippen LogP contribution is -2.48. The molecule has 0 aliphatic carbocycles. The van der Waals surface area contributed by atoms with Crippen molar-refractivity contribution in [1.29, 1.82) is 0 Å². The first-order valence-electron chi connectivity index (χ1n) is 5.59. The highest BCUT2D eigenvalue weighted by Crippen LogP contribution is 2.04. The van der Waals surface area contributed by atoms with Crippen molar-refractivity contribution in [3.8, 4) is 0 Å². The molecule has 0 radical (unpaired) electrons. The number of hydrogen-bond acceptors (Lipinski definition) is 3. The summed E-state index contributed by atoms with van der Waals surface area (Å²) in [6.07, 6.45) is 1.68. The van der Waals surface area contributed by atoms with Gasteiger partial charge < -0.3 is 15.4 Å². The molecule has 0 aliphatic rings. The van der Waals surface area contributed by atoms with E-state index in [-0.39, 0.29) is 18.0 Å². The highest BCUT2D eigenvalue weighted by Gasteiger charge is 2.21.